The summed E-state index contributed by atoms with van der Waals surface area (Å²) in [5.41, 5.74) is 0. The summed E-state index contributed by atoms with van der Waals surface area (Å²) in [5.74, 6) is -0.684. The Morgan fingerprint density at radius 1 is 0.615 bits per heavy atom. The van der Waals surface area contributed by atoms with Crippen molar-refractivity contribution in [3.8, 4) is 0 Å². The number of unbranched alkanes of at least 4 members (excludes halogenated alkanes) is 10. The molecule has 224 valence electrons. The van der Waals surface area contributed by atoms with Gasteiger partial charge in [0.1, 0.15) is 6.61 Å². The van der Waals surface area contributed by atoms with Crippen molar-refractivity contribution in [1.29, 1.82) is 0 Å². The quantitative estimate of drug-likeness (QED) is 0.0621. The minimum absolute atomic E-state index is 0.102. The van der Waals surface area contributed by atoms with Gasteiger partial charge in [0.2, 0.25) is 0 Å². The van der Waals surface area contributed by atoms with E-state index < -0.39 is 6.10 Å². The largest absolute Gasteiger partial charge is 0.462 e. The van der Waals surface area contributed by atoms with Gasteiger partial charge in [0, 0.05) is 19.4 Å². The van der Waals surface area contributed by atoms with Crippen LogP contribution in [0.2, 0.25) is 0 Å². The number of aliphatic hydroxyl groups excluding tert-OH is 2. The van der Waals surface area contributed by atoms with E-state index in [1.54, 1.807) is 0 Å². The minimum atomic E-state index is -0.795. The second-order valence-electron chi connectivity index (χ2n) is 9.91. The van der Waals surface area contributed by atoms with Gasteiger partial charge in [-0.3, -0.25) is 9.59 Å². The number of rotatable bonds is 27. The van der Waals surface area contributed by atoms with Crippen LogP contribution in [-0.4, -0.2) is 48.1 Å². The molecule has 0 bridgehead atoms. The fraction of sp³-hybridized carbons (Fsp3) is 0.697. The Bertz CT molecular complexity index is 680. The number of allylic oxidation sites excluding steroid dienone is 8. The molecule has 0 spiro atoms. The zero-order valence-electron chi connectivity index (χ0n) is 24.6. The first-order valence-corrected chi connectivity index (χ1v) is 15.3. The Morgan fingerprint density at radius 2 is 1.13 bits per heavy atom. The summed E-state index contributed by atoms with van der Waals surface area (Å²) in [6.45, 7) is 2.03. The molecule has 0 rings (SSSR count). The summed E-state index contributed by atoms with van der Waals surface area (Å²) >= 11 is 0. The number of carbonyl (C=O) groups excluding carboxylic acids is 2. The highest BCUT2D eigenvalue weighted by Crippen LogP contribution is 2.10. The van der Waals surface area contributed by atoms with Crippen LogP contribution in [0.5, 0.6) is 0 Å². The molecule has 39 heavy (non-hydrogen) atoms. The lowest BCUT2D eigenvalue weighted by atomic mass is 10.1. The predicted octanol–water partition coefficient (Wildman–Crippen LogP) is 7.69. The highest BCUT2D eigenvalue weighted by atomic mass is 16.6. The lowest BCUT2D eigenvalue weighted by molar-refractivity contribution is -0.161. The molecular formula is C33H56O6. The molecule has 0 saturated carbocycles. The fourth-order valence-corrected chi connectivity index (χ4v) is 3.82. The van der Waals surface area contributed by atoms with Gasteiger partial charge in [0.25, 0.3) is 0 Å². The first-order valence-electron chi connectivity index (χ1n) is 15.3. The van der Waals surface area contributed by atoms with E-state index in [0.29, 0.717) is 25.9 Å². The second-order valence-corrected chi connectivity index (χ2v) is 9.91. The first-order chi connectivity index (χ1) is 19.1. The number of aliphatic hydroxyl groups is 2. The van der Waals surface area contributed by atoms with Gasteiger partial charge in [-0.05, 0) is 57.8 Å². The van der Waals surface area contributed by atoms with Gasteiger partial charge >= 0.3 is 11.9 Å². The maximum Gasteiger partial charge on any atom is 0.306 e. The van der Waals surface area contributed by atoms with Crippen LogP contribution in [0.4, 0.5) is 0 Å². The van der Waals surface area contributed by atoms with E-state index in [9.17, 15) is 14.7 Å². The fourth-order valence-electron chi connectivity index (χ4n) is 3.82. The van der Waals surface area contributed by atoms with E-state index in [-0.39, 0.29) is 25.2 Å². The van der Waals surface area contributed by atoms with E-state index in [4.69, 9.17) is 14.6 Å². The van der Waals surface area contributed by atoms with E-state index in [2.05, 4.69) is 55.5 Å². The van der Waals surface area contributed by atoms with Crippen molar-refractivity contribution in [2.24, 2.45) is 0 Å². The van der Waals surface area contributed by atoms with Crippen LogP contribution in [0.1, 0.15) is 122 Å². The van der Waals surface area contributed by atoms with Crippen molar-refractivity contribution in [3.05, 3.63) is 48.6 Å². The van der Waals surface area contributed by atoms with Crippen molar-refractivity contribution in [3.63, 3.8) is 0 Å². The van der Waals surface area contributed by atoms with Gasteiger partial charge in [-0.1, -0.05) is 100 Å². The van der Waals surface area contributed by atoms with Gasteiger partial charge < -0.3 is 19.7 Å². The van der Waals surface area contributed by atoms with Crippen LogP contribution >= 0.6 is 0 Å². The Kier molecular flexibility index (Phi) is 28.7. The van der Waals surface area contributed by atoms with Crippen molar-refractivity contribution < 1.29 is 29.3 Å². The SMILES string of the molecule is CCCCCCCCCC(=O)O[C@@H](CO)COC(=O)CCC/C=C\C/C=C\C/C=C\C/C=C\CCCCCO. The molecule has 0 amide bonds. The van der Waals surface area contributed by atoms with Crippen LogP contribution in [-0.2, 0) is 19.1 Å². The molecule has 0 aromatic carbocycles. The molecule has 0 aliphatic carbocycles. The molecule has 1 atom stereocenters. The predicted molar refractivity (Wildman–Crippen MR) is 160 cm³/mol. The molecule has 0 radical (unpaired) electrons. The molecular weight excluding hydrogens is 492 g/mol. The van der Waals surface area contributed by atoms with Gasteiger partial charge in [0.05, 0.1) is 6.61 Å². The lowest BCUT2D eigenvalue weighted by Crippen LogP contribution is -2.28. The highest BCUT2D eigenvalue weighted by Gasteiger charge is 2.15. The van der Waals surface area contributed by atoms with E-state index in [1.807, 2.05) is 0 Å². The third-order valence-electron chi connectivity index (χ3n) is 6.18. The summed E-state index contributed by atoms with van der Waals surface area (Å²) in [6.07, 6.45) is 33.4. The van der Waals surface area contributed by atoms with Gasteiger partial charge in [-0.25, -0.2) is 0 Å². The third kappa shape index (κ3) is 28.6. The zero-order chi connectivity index (χ0) is 28.7. The van der Waals surface area contributed by atoms with E-state index >= 15 is 0 Å². The Labute approximate surface area is 238 Å². The average molecular weight is 549 g/mol. The number of hydrogen-bond acceptors (Lipinski definition) is 6. The smallest absolute Gasteiger partial charge is 0.306 e. The Balaban J connectivity index is 3.72. The van der Waals surface area contributed by atoms with Crippen LogP contribution in [0.15, 0.2) is 48.6 Å². The van der Waals surface area contributed by atoms with Crippen LogP contribution in [0.25, 0.3) is 0 Å². The number of hydrogen-bond donors (Lipinski definition) is 2. The summed E-state index contributed by atoms with van der Waals surface area (Å²) in [5, 5.41) is 18.2. The van der Waals surface area contributed by atoms with Gasteiger partial charge in [-0.15, -0.1) is 0 Å². The summed E-state index contributed by atoms with van der Waals surface area (Å²) in [4.78, 5) is 23.9. The topological polar surface area (TPSA) is 93.1 Å². The van der Waals surface area contributed by atoms with Gasteiger partial charge in [0.15, 0.2) is 6.10 Å². The number of ether oxygens (including phenoxy) is 2. The summed E-state index contributed by atoms with van der Waals surface area (Å²) in [7, 11) is 0. The molecule has 6 nitrogen and oxygen atoms in total. The zero-order valence-corrected chi connectivity index (χ0v) is 24.6. The van der Waals surface area contributed by atoms with E-state index in [0.717, 1.165) is 70.6 Å². The molecule has 2 N–H and O–H groups in total. The molecule has 0 aliphatic heterocycles. The first kappa shape index (κ1) is 36.8. The molecule has 0 unspecified atom stereocenters. The molecule has 0 saturated heterocycles. The highest BCUT2D eigenvalue weighted by molar-refractivity contribution is 5.70. The monoisotopic (exact) mass is 548 g/mol. The third-order valence-corrected chi connectivity index (χ3v) is 6.18. The normalized spacial score (nSPS) is 12.8. The van der Waals surface area contributed by atoms with Crippen molar-refractivity contribution in [2.75, 3.05) is 19.8 Å². The minimum Gasteiger partial charge on any atom is -0.462 e. The van der Waals surface area contributed by atoms with Crippen molar-refractivity contribution in [1.82, 2.24) is 0 Å². The molecule has 0 aliphatic rings. The maximum absolute atomic E-state index is 11.9. The molecule has 0 heterocycles. The van der Waals surface area contributed by atoms with E-state index in [1.165, 1.54) is 25.7 Å². The summed E-state index contributed by atoms with van der Waals surface area (Å²) < 4.78 is 10.4. The lowest BCUT2D eigenvalue weighted by Gasteiger charge is -2.15. The van der Waals surface area contributed by atoms with Crippen molar-refractivity contribution in [2.45, 2.75) is 129 Å². The van der Waals surface area contributed by atoms with Crippen LogP contribution in [0.3, 0.4) is 0 Å². The van der Waals surface area contributed by atoms with Gasteiger partial charge in [-0.2, -0.15) is 0 Å². The number of carbonyl (C=O) groups is 2. The molecule has 0 fully saturated rings. The number of esters is 2. The second kappa shape index (κ2) is 30.4. The standard InChI is InChI=1S/C33H56O6/c1-2-3-4-5-17-21-24-27-33(37)39-31(29-35)30-38-32(36)26-23-20-18-15-13-11-9-7-6-8-10-12-14-16-19-22-25-28-34/h6,8-9,11-12,14-15,18,31,34-35H,2-5,7,10,13,16-17,19-30H2,1H3/b8-6-,11-9-,14-12-,18-15-/t31-/m0/s1. The molecule has 0 aromatic heterocycles. The molecule has 0 aromatic rings. The van der Waals surface area contributed by atoms with Crippen LogP contribution < -0.4 is 0 Å². The Morgan fingerprint density at radius 3 is 1.72 bits per heavy atom. The molecule has 6 heteroatoms. The van der Waals surface area contributed by atoms with Crippen molar-refractivity contribution >= 4 is 11.9 Å². The maximum atomic E-state index is 11.9. The Hall–Kier alpha value is -2.18. The average Bonchev–Trinajstić information content (AvgIpc) is 2.94. The summed E-state index contributed by atoms with van der Waals surface area (Å²) in [6, 6.07) is 0. The van der Waals surface area contributed by atoms with Crippen LogP contribution in [0, 0.1) is 0 Å².